The van der Waals surface area contributed by atoms with Crippen LogP contribution in [0, 0.1) is 13.8 Å². The van der Waals surface area contributed by atoms with Gasteiger partial charge >= 0.3 is 0 Å². The van der Waals surface area contributed by atoms with Crippen molar-refractivity contribution in [1.29, 1.82) is 0 Å². The Morgan fingerprint density at radius 3 is 2.43 bits per heavy atom. The van der Waals surface area contributed by atoms with Crippen LogP contribution in [-0.4, -0.2) is 49.0 Å². The van der Waals surface area contributed by atoms with E-state index in [0.717, 1.165) is 42.8 Å². The lowest BCUT2D eigenvalue weighted by atomic mass is 10.1. The van der Waals surface area contributed by atoms with E-state index in [-0.39, 0.29) is 31.0 Å². The van der Waals surface area contributed by atoms with E-state index in [9.17, 15) is 9.59 Å². The molecule has 23 heavy (non-hydrogen) atoms. The average molecular weight is 319 g/mol. The number of piperidine rings is 1. The standard InChI is InChI=1S/C17H25N3O3/c1-12-4-3-5-13(2)17(12)23-11-16(22)19-14-6-8-20(9-7-14)10-15(18)21/h3-5,14H,6-11H2,1-2H3,(H2,18,21)(H,19,22). The molecule has 0 spiro atoms. The molecule has 3 N–H and O–H groups in total. The molecule has 0 atom stereocenters. The number of carbonyl (C=O) groups excluding carboxylic acids is 2. The minimum absolute atomic E-state index is 0.0210. The number of likely N-dealkylation sites (tertiary alicyclic amines) is 1. The van der Waals surface area contributed by atoms with Gasteiger partial charge in [-0.05, 0) is 37.8 Å². The van der Waals surface area contributed by atoms with Gasteiger partial charge in [0.25, 0.3) is 5.91 Å². The van der Waals surface area contributed by atoms with Crippen molar-refractivity contribution in [2.45, 2.75) is 32.7 Å². The Morgan fingerprint density at radius 2 is 1.87 bits per heavy atom. The highest BCUT2D eigenvalue weighted by Gasteiger charge is 2.21. The summed E-state index contributed by atoms with van der Waals surface area (Å²) in [6, 6.07) is 6.04. The molecule has 1 fully saturated rings. The highest BCUT2D eigenvalue weighted by molar-refractivity contribution is 5.78. The number of carbonyl (C=O) groups is 2. The van der Waals surface area contributed by atoms with Crippen LogP contribution in [0.25, 0.3) is 0 Å². The van der Waals surface area contributed by atoms with Crippen LogP contribution in [0.15, 0.2) is 18.2 Å². The highest BCUT2D eigenvalue weighted by atomic mass is 16.5. The zero-order valence-electron chi connectivity index (χ0n) is 13.8. The molecule has 2 amide bonds. The van der Waals surface area contributed by atoms with Gasteiger partial charge in [0.2, 0.25) is 5.91 Å². The largest absolute Gasteiger partial charge is 0.483 e. The van der Waals surface area contributed by atoms with E-state index in [1.165, 1.54) is 0 Å². The molecule has 1 aromatic rings. The maximum Gasteiger partial charge on any atom is 0.258 e. The first-order valence-corrected chi connectivity index (χ1v) is 7.94. The predicted octanol–water partition coefficient (Wildman–Crippen LogP) is 0.748. The molecule has 126 valence electrons. The fourth-order valence-corrected chi connectivity index (χ4v) is 2.89. The normalized spacial score (nSPS) is 16.1. The quantitative estimate of drug-likeness (QED) is 0.810. The van der Waals surface area contributed by atoms with Crippen molar-refractivity contribution < 1.29 is 14.3 Å². The number of ether oxygens (including phenoxy) is 1. The smallest absolute Gasteiger partial charge is 0.258 e. The molecule has 1 aliphatic heterocycles. The molecule has 6 heteroatoms. The molecule has 0 aliphatic carbocycles. The van der Waals surface area contributed by atoms with Gasteiger partial charge in [0.1, 0.15) is 5.75 Å². The first-order valence-electron chi connectivity index (χ1n) is 7.94. The molecule has 1 aromatic carbocycles. The average Bonchev–Trinajstić information content (AvgIpc) is 2.48. The summed E-state index contributed by atoms with van der Waals surface area (Å²) in [6.45, 7) is 5.78. The van der Waals surface area contributed by atoms with Gasteiger partial charge in [0.15, 0.2) is 6.61 Å². The Hall–Kier alpha value is -2.08. The van der Waals surface area contributed by atoms with E-state index in [1.807, 2.05) is 36.9 Å². The lowest BCUT2D eigenvalue weighted by Crippen LogP contribution is -2.47. The second kappa shape index (κ2) is 7.97. The van der Waals surface area contributed by atoms with Gasteiger partial charge in [-0.25, -0.2) is 0 Å². The Morgan fingerprint density at radius 1 is 1.26 bits per heavy atom. The third-order valence-corrected chi connectivity index (χ3v) is 4.09. The van der Waals surface area contributed by atoms with E-state index in [0.29, 0.717) is 0 Å². The summed E-state index contributed by atoms with van der Waals surface area (Å²) in [5, 5.41) is 3.00. The van der Waals surface area contributed by atoms with Crippen molar-refractivity contribution >= 4 is 11.8 Å². The third kappa shape index (κ3) is 5.25. The Bertz CT molecular complexity index is 546. The molecule has 1 heterocycles. The van der Waals surface area contributed by atoms with E-state index >= 15 is 0 Å². The molecular formula is C17H25N3O3. The maximum absolute atomic E-state index is 12.0. The van der Waals surface area contributed by atoms with Gasteiger partial charge in [-0.15, -0.1) is 0 Å². The number of para-hydroxylation sites is 1. The second-order valence-electron chi connectivity index (χ2n) is 6.09. The Labute approximate surface area is 137 Å². The number of hydrogen-bond donors (Lipinski definition) is 2. The molecule has 6 nitrogen and oxygen atoms in total. The third-order valence-electron chi connectivity index (χ3n) is 4.09. The van der Waals surface area contributed by atoms with Crippen molar-refractivity contribution in [2.24, 2.45) is 5.73 Å². The number of hydrogen-bond acceptors (Lipinski definition) is 4. The number of rotatable bonds is 6. The van der Waals surface area contributed by atoms with Crippen LogP contribution < -0.4 is 15.8 Å². The Balaban J connectivity index is 1.75. The molecule has 0 bridgehead atoms. The Kier molecular flexibility index (Phi) is 5.98. The summed E-state index contributed by atoms with van der Waals surface area (Å²) >= 11 is 0. The molecule has 0 radical (unpaired) electrons. The molecule has 1 aliphatic rings. The van der Waals surface area contributed by atoms with Gasteiger partial charge in [0.05, 0.1) is 6.54 Å². The minimum atomic E-state index is -0.311. The van der Waals surface area contributed by atoms with Crippen molar-refractivity contribution in [1.82, 2.24) is 10.2 Å². The maximum atomic E-state index is 12.0. The van der Waals surface area contributed by atoms with Crippen molar-refractivity contribution in [3.63, 3.8) is 0 Å². The molecule has 2 rings (SSSR count). The molecule has 0 aromatic heterocycles. The fourth-order valence-electron chi connectivity index (χ4n) is 2.89. The van der Waals surface area contributed by atoms with Gasteiger partial charge in [-0.1, -0.05) is 18.2 Å². The van der Waals surface area contributed by atoms with Crippen LogP contribution in [0.2, 0.25) is 0 Å². The van der Waals surface area contributed by atoms with Crippen molar-refractivity contribution in [2.75, 3.05) is 26.2 Å². The molecule has 1 saturated heterocycles. The van der Waals surface area contributed by atoms with Crippen LogP contribution in [0.5, 0.6) is 5.75 Å². The van der Waals surface area contributed by atoms with E-state index < -0.39 is 0 Å². The number of nitrogens with two attached hydrogens (primary N) is 1. The SMILES string of the molecule is Cc1cccc(C)c1OCC(=O)NC1CCN(CC(N)=O)CC1. The number of primary amides is 1. The summed E-state index contributed by atoms with van der Waals surface area (Å²) in [6.07, 6.45) is 1.64. The summed E-state index contributed by atoms with van der Waals surface area (Å²) in [5.74, 6) is 0.356. The summed E-state index contributed by atoms with van der Waals surface area (Å²) in [5.41, 5.74) is 7.24. The topological polar surface area (TPSA) is 84.7 Å². The van der Waals surface area contributed by atoms with E-state index in [1.54, 1.807) is 0 Å². The fraction of sp³-hybridized carbons (Fsp3) is 0.529. The van der Waals surface area contributed by atoms with Crippen LogP contribution in [0.4, 0.5) is 0 Å². The zero-order valence-corrected chi connectivity index (χ0v) is 13.8. The molecular weight excluding hydrogens is 294 g/mol. The monoisotopic (exact) mass is 319 g/mol. The highest BCUT2D eigenvalue weighted by Crippen LogP contribution is 2.22. The molecule has 0 unspecified atom stereocenters. The lowest BCUT2D eigenvalue weighted by molar-refractivity contribution is -0.124. The van der Waals surface area contributed by atoms with E-state index in [2.05, 4.69) is 5.32 Å². The van der Waals surface area contributed by atoms with Gasteiger partial charge in [0, 0.05) is 19.1 Å². The number of amides is 2. The summed E-state index contributed by atoms with van der Waals surface area (Å²) in [7, 11) is 0. The van der Waals surface area contributed by atoms with E-state index in [4.69, 9.17) is 10.5 Å². The summed E-state index contributed by atoms with van der Waals surface area (Å²) in [4.78, 5) is 25.0. The van der Waals surface area contributed by atoms with Crippen LogP contribution >= 0.6 is 0 Å². The minimum Gasteiger partial charge on any atom is -0.483 e. The van der Waals surface area contributed by atoms with Gasteiger partial charge in [-0.3, -0.25) is 14.5 Å². The first kappa shape index (κ1) is 17.3. The van der Waals surface area contributed by atoms with Crippen LogP contribution in [0.3, 0.4) is 0 Å². The van der Waals surface area contributed by atoms with Gasteiger partial charge < -0.3 is 15.8 Å². The summed E-state index contributed by atoms with van der Waals surface area (Å²) < 4.78 is 5.66. The molecule has 0 saturated carbocycles. The number of nitrogens with one attached hydrogen (secondary N) is 1. The zero-order chi connectivity index (χ0) is 16.8. The van der Waals surface area contributed by atoms with Crippen LogP contribution in [-0.2, 0) is 9.59 Å². The number of benzene rings is 1. The van der Waals surface area contributed by atoms with Crippen molar-refractivity contribution in [3.8, 4) is 5.75 Å². The number of nitrogens with zero attached hydrogens (tertiary/aromatic N) is 1. The second-order valence-corrected chi connectivity index (χ2v) is 6.09. The predicted molar refractivity (Wildman–Crippen MR) is 88.2 cm³/mol. The van der Waals surface area contributed by atoms with Crippen LogP contribution in [0.1, 0.15) is 24.0 Å². The first-order chi connectivity index (χ1) is 11.0. The van der Waals surface area contributed by atoms with Gasteiger partial charge in [-0.2, -0.15) is 0 Å². The number of aryl methyl sites for hydroxylation is 2. The lowest BCUT2D eigenvalue weighted by Gasteiger charge is -2.31. The van der Waals surface area contributed by atoms with Crippen molar-refractivity contribution in [3.05, 3.63) is 29.3 Å².